The van der Waals surface area contributed by atoms with E-state index in [4.69, 9.17) is 0 Å². The van der Waals surface area contributed by atoms with Crippen LogP contribution >= 0.6 is 11.3 Å². The third-order valence-corrected chi connectivity index (χ3v) is 15.2. The van der Waals surface area contributed by atoms with E-state index in [0.29, 0.717) is 0 Å². The average Bonchev–Trinajstić information content (AvgIpc) is 4.00. The summed E-state index contributed by atoms with van der Waals surface area (Å²) in [4.78, 5) is 2.53. The van der Waals surface area contributed by atoms with E-state index in [9.17, 15) is 0 Å². The van der Waals surface area contributed by atoms with Gasteiger partial charge in [0.25, 0.3) is 0 Å². The number of thiophene rings is 1. The molecule has 0 amide bonds. The van der Waals surface area contributed by atoms with Gasteiger partial charge in [0.1, 0.15) is 0 Å². The zero-order chi connectivity index (χ0) is 32.4. The van der Waals surface area contributed by atoms with Gasteiger partial charge in [0.2, 0.25) is 0 Å². The van der Waals surface area contributed by atoms with Crippen LogP contribution in [0.25, 0.3) is 31.3 Å². The second-order valence-electron chi connectivity index (χ2n) is 16.9. The zero-order valence-electron chi connectivity index (χ0n) is 28.8. The van der Waals surface area contributed by atoms with Gasteiger partial charge in [0.05, 0.1) is 0 Å². The lowest BCUT2D eigenvalue weighted by molar-refractivity contribution is 0.420. The average molecular weight is 656 g/mol. The number of fused-ring (bicyclic) bond motifs is 11. The molecule has 5 aliphatic rings. The highest BCUT2D eigenvalue weighted by Crippen LogP contribution is 2.57. The molecule has 6 atom stereocenters. The van der Waals surface area contributed by atoms with Crippen LogP contribution in [-0.4, -0.2) is 0 Å². The summed E-state index contributed by atoms with van der Waals surface area (Å²) in [5, 5.41) is 2.85. The van der Waals surface area contributed by atoms with Crippen molar-refractivity contribution < 1.29 is 0 Å². The highest BCUT2D eigenvalue weighted by Gasteiger charge is 2.42. The first-order valence-corrected chi connectivity index (χ1v) is 19.9. The van der Waals surface area contributed by atoms with E-state index in [2.05, 4.69) is 122 Å². The maximum absolute atomic E-state index is 2.53. The quantitative estimate of drug-likeness (QED) is 0.179. The van der Waals surface area contributed by atoms with Crippen molar-refractivity contribution in [3.63, 3.8) is 0 Å². The van der Waals surface area contributed by atoms with Crippen LogP contribution in [0.4, 0.5) is 17.1 Å². The summed E-state index contributed by atoms with van der Waals surface area (Å²) >= 11 is 1.93. The highest BCUT2D eigenvalue weighted by molar-refractivity contribution is 7.25. The van der Waals surface area contributed by atoms with Gasteiger partial charge in [-0.05, 0) is 156 Å². The first kappa shape index (κ1) is 28.9. The van der Waals surface area contributed by atoms with Gasteiger partial charge in [0, 0.05) is 42.6 Å². The molecule has 4 fully saturated rings. The van der Waals surface area contributed by atoms with Crippen molar-refractivity contribution in [3.8, 4) is 11.1 Å². The summed E-state index contributed by atoms with van der Waals surface area (Å²) in [6, 6.07) is 40.5. The Morgan fingerprint density at radius 1 is 0.571 bits per heavy atom. The number of rotatable bonds is 5. The molecule has 0 aliphatic heterocycles. The van der Waals surface area contributed by atoms with Gasteiger partial charge in [-0.1, -0.05) is 81.3 Å². The number of hydrogen-bond acceptors (Lipinski definition) is 2. The van der Waals surface area contributed by atoms with Crippen LogP contribution in [0.2, 0.25) is 0 Å². The van der Waals surface area contributed by atoms with Crippen molar-refractivity contribution in [2.24, 2.45) is 23.7 Å². The van der Waals surface area contributed by atoms with Crippen molar-refractivity contribution in [3.05, 3.63) is 125 Å². The Hall–Kier alpha value is -3.88. The minimum absolute atomic E-state index is 0.104. The molecule has 6 aromatic rings. The van der Waals surface area contributed by atoms with Crippen LogP contribution in [-0.2, 0) is 5.41 Å². The Balaban J connectivity index is 1.02. The van der Waals surface area contributed by atoms with E-state index in [1.165, 1.54) is 111 Å². The van der Waals surface area contributed by atoms with Crippen LogP contribution in [0.3, 0.4) is 0 Å². The van der Waals surface area contributed by atoms with Crippen molar-refractivity contribution in [1.29, 1.82) is 0 Å². The lowest BCUT2D eigenvalue weighted by Crippen LogP contribution is -2.17. The summed E-state index contributed by atoms with van der Waals surface area (Å²) < 4.78 is 2.78. The minimum Gasteiger partial charge on any atom is -0.310 e. The van der Waals surface area contributed by atoms with E-state index < -0.39 is 0 Å². The van der Waals surface area contributed by atoms with Crippen molar-refractivity contribution in [1.82, 2.24) is 0 Å². The molecule has 244 valence electrons. The Bertz CT molecular complexity index is 2180. The largest absolute Gasteiger partial charge is 0.310 e. The van der Waals surface area contributed by atoms with E-state index in [-0.39, 0.29) is 5.41 Å². The lowest BCUT2D eigenvalue weighted by atomic mass is 9.80. The molecule has 5 aliphatic carbocycles. The fraction of sp³-hybridized carbons (Fsp3) is 0.362. The van der Waals surface area contributed by atoms with Crippen LogP contribution in [0.1, 0.15) is 99.3 Å². The SMILES string of the molecule is CC1(C)c2cc(N(c3ccc(C4CC5CCC4C5)cc3)c3ccc(C4CC5CCC4C5)cc3)ccc2-c2ccc3sc4ccccc4c3c21. The van der Waals surface area contributed by atoms with Crippen molar-refractivity contribution >= 4 is 48.6 Å². The fourth-order valence-corrected chi connectivity index (χ4v) is 12.9. The number of benzene rings is 5. The first-order chi connectivity index (χ1) is 24.0. The van der Waals surface area contributed by atoms with Gasteiger partial charge < -0.3 is 4.90 Å². The lowest BCUT2D eigenvalue weighted by Gasteiger charge is -2.29. The topological polar surface area (TPSA) is 3.24 Å². The molecule has 49 heavy (non-hydrogen) atoms. The third-order valence-electron chi connectivity index (χ3n) is 14.0. The van der Waals surface area contributed by atoms with Crippen LogP contribution in [0.5, 0.6) is 0 Å². The van der Waals surface area contributed by atoms with E-state index in [1.54, 1.807) is 11.1 Å². The van der Waals surface area contributed by atoms with Crippen LogP contribution in [0.15, 0.2) is 103 Å². The molecule has 1 heterocycles. The van der Waals surface area contributed by atoms with Crippen molar-refractivity contribution in [2.45, 2.75) is 82.5 Å². The van der Waals surface area contributed by atoms with E-state index in [1.807, 2.05) is 11.3 Å². The maximum atomic E-state index is 2.53. The summed E-state index contributed by atoms with van der Waals surface area (Å²) in [7, 11) is 0. The van der Waals surface area contributed by atoms with Crippen molar-refractivity contribution in [2.75, 3.05) is 4.90 Å². The smallest absolute Gasteiger partial charge is 0.0465 e. The van der Waals surface area contributed by atoms with Crippen LogP contribution in [0, 0.1) is 23.7 Å². The fourth-order valence-electron chi connectivity index (χ4n) is 11.7. The third kappa shape index (κ3) is 4.29. The number of nitrogens with zero attached hydrogens (tertiary/aromatic N) is 1. The Kier molecular flexibility index (Phi) is 6.23. The number of hydrogen-bond donors (Lipinski definition) is 0. The molecular formula is C47H45NS. The maximum Gasteiger partial charge on any atom is 0.0465 e. The van der Waals surface area contributed by atoms with Gasteiger partial charge in [-0.2, -0.15) is 0 Å². The van der Waals surface area contributed by atoms with Crippen LogP contribution < -0.4 is 4.90 Å². The molecule has 4 saturated carbocycles. The standard InChI is InChI=1S/C47H45NS/c1-47(2)42-27-36(19-20-37(42)38-21-22-44-45(46(38)47)39-5-3-4-6-43(39)49-44)48(34-15-11-30(12-16-34)40-25-28-7-9-32(40)23-28)35-17-13-31(14-18-35)41-26-29-8-10-33(41)24-29/h3-6,11-22,27-29,32-33,40-41H,7-10,23-26H2,1-2H3. The molecule has 11 rings (SSSR count). The summed E-state index contributed by atoms with van der Waals surface area (Å²) in [6.45, 7) is 4.90. The molecule has 4 bridgehead atoms. The summed E-state index contributed by atoms with van der Waals surface area (Å²) in [6.07, 6.45) is 11.5. The molecule has 1 aromatic heterocycles. The number of anilines is 3. The first-order valence-electron chi connectivity index (χ1n) is 19.1. The van der Waals surface area contributed by atoms with Gasteiger partial charge in [-0.15, -0.1) is 11.3 Å². The normalized spacial score (nSPS) is 27.3. The zero-order valence-corrected chi connectivity index (χ0v) is 29.6. The molecule has 2 heteroatoms. The minimum atomic E-state index is -0.104. The van der Waals surface area contributed by atoms with E-state index in [0.717, 1.165) is 35.5 Å². The molecule has 0 spiro atoms. The monoisotopic (exact) mass is 655 g/mol. The molecule has 0 saturated heterocycles. The molecule has 0 radical (unpaired) electrons. The molecule has 5 aromatic carbocycles. The Morgan fingerprint density at radius 2 is 1.16 bits per heavy atom. The van der Waals surface area contributed by atoms with Gasteiger partial charge in [0.15, 0.2) is 0 Å². The highest BCUT2D eigenvalue weighted by atomic mass is 32.1. The summed E-state index contributed by atoms with van der Waals surface area (Å²) in [5.41, 5.74) is 12.5. The van der Waals surface area contributed by atoms with Gasteiger partial charge in [-0.25, -0.2) is 0 Å². The molecule has 6 unspecified atom stereocenters. The summed E-state index contributed by atoms with van der Waals surface area (Å²) in [5.74, 6) is 5.24. The van der Waals surface area contributed by atoms with E-state index >= 15 is 0 Å². The molecule has 0 N–H and O–H groups in total. The Labute approximate surface area is 295 Å². The molecular weight excluding hydrogens is 611 g/mol. The predicted octanol–water partition coefficient (Wildman–Crippen LogP) is 13.6. The van der Waals surface area contributed by atoms with Gasteiger partial charge >= 0.3 is 0 Å². The predicted molar refractivity (Wildman–Crippen MR) is 208 cm³/mol. The molecule has 1 nitrogen and oxygen atoms in total. The second-order valence-corrected chi connectivity index (χ2v) is 18.0. The Morgan fingerprint density at radius 3 is 1.76 bits per heavy atom. The van der Waals surface area contributed by atoms with Gasteiger partial charge in [-0.3, -0.25) is 0 Å². The second kappa shape index (κ2) is 10.6.